The predicted molar refractivity (Wildman–Crippen MR) is 81.2 cm³/mol. The lowest BCUT2D eigenvalue weighted by Gasteiger charge is -2.19. The second-order valence-electron chi connectivity index (χ2n) is 4.98. The van der Waals surface area contributed by atoms with Crippen LogP contribution >= 0.6 is 11.6 Å². The van der Waals surface area contributed by atoms with E-state index in [1.807, 2.05) is 0 Å². The molecule has 1 unspecified atom stereocenters. The molecular formula is C16H25ClFN. The molecule has 0 aliphatic rings. The van der Waals surface area contributed by atoms with Gasteiger partial charge in [0, 0.05) is 16.6 Å². The molecule has 0 amide bonds. The fourth-order valence-corrected chi connectivity index (χ4v) is 2.51. The summed E-state index contributed by atoms with van der Waals surface area (Å²) in [5.41, 5.74) is 0.738. The van der Waals surface area contributed by atoms with E-state index in [4.69, 9.17) is 11.6 Å². The van der Waals surface area contributed by atoms with Crippen LogP contribution in [0.4, 0.5) is 4.39 Å². The van der Waals surface area contributed by atoms with Crippen molar-refractivity contribution in [1.29, 1.82) is 0 Å². The van der Waals surface area contributed by atoms with E-state index in [9.17, 15) is 4.39 Å². The van der Waals surface area contributed by atoms with Crippen LogP contribution in [0.25, 0.3) is 0 Å². The van der Waals surface area contributed by atoms with Gasteiger partial charge < -0.3 is 5.32 Å². The van der Waals surface area contributed by atoms with Crippen molar-refractivity contribution in [2.24, 2.45) is 0 Å². The maximum Gasteiger partial charge on any atom is 0.129 e. The van der Waals surface area contributed by atoms with Crippen LogP contribution in [0.5, 0.6) is 0 Å². The minimum atomic E-state index is -0.202. The molecule has 0 radical (unpaired) electrons. The predicted octanol–water partition coefficient (Wildman–Crippen LogP) is 5.49. The van der Waals surface area contributed by atoms with Crippen molar-refractivity contribution in [3.05, 3.63) is 34.6 Å². The largest absolute Gasteiger partial charge is 0.310 e. The van der Waals surface area contributed by atoms with E-state index < -0.39 is 0 Å². The zero-order valence-corrected chi connectivity index (χ0v) is 12.8. The Labute approximate surface area is 121 Å². The molecule has 0 saturated heterocycles. The highest BCUT2D eigenvalue weighted by Gasteiger charge is 2.14. The normalized spacial score (nSPS) is 12.6. The summed E-state index contributed by atoms with van der Waals surface area (Å²) in [6.45, 7) is 5.12. The second kappa shape index (κ2) is 9.33. The van der Waals surface area contributed by atoms with Crippen LogP contribution in [-0.4, -0.2) is 6.54 Å². The van der Waals surface area contributed by atoms with Gasteiger partial charge in [-0.15, -0.1) is 0 Å². The summed E-state index contributed by atoms with van der Waals surface area (Å²) in [4.78, 5) is 0. The zero-order chi connectivity index (χ0) is 14.1. The van der Waals surface area contributed by atoms with Gasteiger partial charge in [0.2, 0.25) is 0 Å². The molecule has 0 spiro atoms. The van der Waals surface area contributed by atoms with Crippen molar-refractivity contribution in [1.82, 2.24) is 5.32 Å². The lowest BCUT2D eigenvalue weighted by molar-refractivity contribution is 0.459. The van der Waals surface area contributed by atoms with Gasteiger partial charge in [0.15, 0.2) is 0 Å². The van der Waals surface area contributed by atoms with Gasteiger partial charge in [0.1, 0.15) is 5.82 Å². The number of rotatable bonds is 9. The van der Waals surface area contributed by atoms with Crippen molar-refractivity contribution in [2.45, 2.75) is 58.4 Å². The molecule has 1 rings (SSSR count). The first-order valence-corrected chi connectivity index (χ1v) is 7.75. The average molecular weight is 286 g/mol. The summed E-state index contributed by atoms with van der Waals surface area (Å²) in [5.74, 6) is -0.202. The minimum absolute atomic E-state index is 0.101. The van der Waals surface area contributed by atoms with Crippen molar-refractivity contribution in [3.63, 3.8) is 0 Å². The molecule has 1 atom stereocenters. The maximum absolute atomic E-state index is 13.9. The van der Waals surface area contributed by atoms with Crippen molar-refractivity contribution in [3.8, 4) is 0 Å². The van der Waals surface area contributed by atoms with Crippen molar-refractivity contribution >= 4 is 11.6 Å². The number of hydrogen-bond donors (Lipinski definition) is 1. The fraction of sp³-hybridized carbons (Fsp3) is 0.625. The summed E-state index contributed by atoms with van der Waals surface area (Å²) in [7, 11) is 0. The van der Waals surface area contributed by atoms with Crippen LogP contribution in [0, 0.1) is 5.82 Å². The number of benzene rings is 1. The van der Waals surface area contributed by atoms with Gasteiger partial charge >= 0.3 is 0 Å². The Hall–Kier alpha value is -0.600. The molecule has 0 saturated carbocycles. The van der Waals surface area contributed by atoms with Gasteiger partial charge in [0.05, 0.1) is 0 Å². The quantitative estimate of drug-likeness (QED) is 0.592. The molecule has 0 fully saturated rings. The highest BCUT2D eigenvalue weighted by atomic mass is 35.5. The summed E-state index contributed by atoms with van der Waals surface area (Å²) in [6, 6.07) is 5.07. The van der Waals surface area contributed by atoms with E-state index in [1.54, 1.807) is 12.1 Å². The van der Waals surface area contributed by atoms with Crippen LogP contribution < -0.4 is 5.32 Å². The van der Waals surface area contributed by atoms with E-state index in [0.29, 0.717) is 5.02 Å². The molecule has 0 aliphatic carbocycles. The molecule has 108 valence electrons. The summed E-state index contributed by atoms with van der Waals surface area (Å²) >= 11 is 5.80. The van der Waals surface area contributed by atoms with Crippen molar-refractivity contribution in [2.75, 3.05) is 6.54 Å². The van der Waals surface area contributed by atoms with Gasteiger partial charge in [-0.05, 0) is 25.1 Å². The first kappa shape index (κ1) is 16.5. The topological polar surface area (TPSA) is 12.0 Å². The first-order valence-electron chi connectivity index (χ1n) is 7.37. The Kier molecular flexibility index (Phi) is 8.08. The van der Waals surface area contributed by atoms with Gasteiger partial charge in [-0.3, -0.25) is 0 Å². The van der Waals surface area contributed by atoms with Crippen LogP contribution in [0.2, 0.25) is 5.02 Å². The van der Waals surface area contributed by atoms with Crippen LogP contribution in [-0.2, 0) is 0 Å². The van der Waals surface area contributed by atoms with Gasteiger partial charge in [-0.25, -0.2) is 4.39 Å². The lowest BCUT2D eigenvalue weighted by atomic mass is 9.99. The van der Waals surface area contributed by atoms with E-state index >= 15 is 0 Å². The lowest BCUT2D eigenvalue weighted by Crippen LogP contribution is -2.21. The molecule has 0 heterocycles. The number of hydrogen-bond acceptors (Lipinski definition) is 1. The highest BCUT2D eigenvalue weighted by molar-refractivity contribution is 6.30. The van der Waals surface area contributed by atoms with Crippen molar-refractivity contribution < 1.29 is 4.39 Å². The fourth-order valence-electron chi connectivity index (χ4n) is 2.35. The number of halogens is 2. The molecule has 1 N–H and O–H groups in total. The Bertz CT molecular complexity index is 368. The number of unbranched alkanes of at least 4 members (excludes halogenated alkanes) is 4. The molecule has 1 nitrogen and oxygen atoms in total. The Morgan fingerprint density at radius 3 is 2.53 bits per heavy atom. The van der Waals surface area contributed by atoms with E-state index in [1.165, 1.54) is 31.7 Å². The smallest absolute Gasteiger partial charge is 0.129 e. The number of nitrogens with one attached hydrogen (secondary N) is 1. The summed E-state index contributed by atoms with van der Waals surface area (Å²) in [6.07, 6.45) is 7.17. The van der Waals surface area contributed by atoms with Crippen LogP contribution in [0.1, 0.15) is 64.0 Å². The molecule has 1 aromatic rings. The summed E-state index contributed by atoms with van der Waals surface area (Å²) < 4.78 is 13.9. The molecule has 0 bridgehead atoms. The summed E-state index contributed by atoms with van der Waals surface area (Å²) in [5, 5.41) is 3.82. The van der Waals surface area contributed by atoms with Crippen LogP contribution in [0.15, 0.2) is 18.2 Å². The average Bonchev–Trinajstić information content (AvgIpc) is 2.38. The van der Waals surface area contributed by atoms with E-state index in [0.717, 1.165) is 24.9 Å². The molecule has 0 aliphatic heterocycles. The Balaban J connectivity index is 2.55. The zero-order valence-electron chi connectivity index (χ0n) is 12.0. The van der Waals surface area contributed by atoms with E-state index in [-0.39, 0.29) is 11.9 Å². The second-order valence-corrected chi connectivity index (χ2v) is 5.42. The third-order valence-corrected chi connectivity index (χ3v) is 3.62. The maximum atomic E-state index is 13.9. The molecular weight excluding hydrogens is 261 g/mol. The molecule has 1 aromatic carbocycles. The third-order valence-electron chi connectivity index (χ3n) is 3.38. The van der Waals surface area contributed by atoms with Gasteiger partial charge in [-0.1, -0.05) is 63.6 Å². The highest BCUT2D eigenvalue weighted by Crippen LogP contribution is 2.25. The molecule has 3 heteroatoms. The Morgan fingerprint density at radius 1 is 1.16 bits per heavy atom. The third kappa shape index (κ3) is 5.92. The van der Waals surface area contributed by atoms with Gasteiger partial charge in [0.25, 0.3) is 0 Å². The minimum Gasteiger partial charge on any atom is -0.310 e. The molecule has 0 aromatic heterocycles. The SMILES string of the molecule is CCCCCCCC(NCC)c1ccc(Cl)cc1F. The Morgan fingerprint density at radius 2 is 1.89 bits per heavy atom. The first-order chi connectivity index (χ1) is 9.19. The van der Waals surface area contributed by atoms with E-state index in [2.05, 4.69) is 19.2 Å². The monoisotopic (exact) mass is 285 g/mol. The van der Waals surface area contributed by atoms with Gasteiger partial charge in [-0.2, -0.15) is 0 Å². The standard InChI is InChI=1S/C16H25ClFN/c1-3-5-6-7-8-9-16(19-4-2)14-11-10-13(17)12-15(14)18/h10-12,16,19H,3-9H2,1-2H3. The van der Waals surface area contributed by atoms with Crippen LogP contribution in [0.3, 0.4) is 0 Å². The molecule has 19 heavy (non-hydrogen) atoms.